The van der Waals surface area contributed by atoms with Crippen LogP contribution in [-0.2, 0) is 6.18 Å². The molecule has 0 saturated carbocycles. The van der Waals surface area contributed by atoms with Crippen LogP contribution in [0.25, 0.3) is 0 Å². The van der Waals surface area contributed by atoms with Crippen LogP contribution < -0.4 is 5.32 Å². The van der Waals surface area contributed by atoms with Crippen LogP contribution in [0.4, 0.5) is 23.7 Å². The van der Waals surface area contributed by atoms with E-state index >= 15 is 0 Å². The quantitative estimate of drug-likeness (QED) is 0.896. The second-order valence-corrected chi connectivity index (χ2v) is 5.34. The molecule has 0 radical (unpaired) electrons. The number of urea groups is 1. The average Bonchev–Trinajstić information content (AvgIpc) is 2.34. The number of nitrogens with one attached hydrogen (secondary N) is 1. The molecule has 0 saturated heterocycles. The van der Waals surface area contributed by atoms with Gasteiger partial charge >= 0.3 is 12.2 Å². The number of benzene rings is 1. The van der Waals surface area contributed by atoms with Gasteiger partial charge in [0.15, 0.2) is 0 Å². The van der Waals surface area contributed by atoms with Gasteiger partial charge in [-0.05, 0) is 39.0 Å². The van der Waals surface area contributed by atoms with Gasteiger partial charge in [0.1, 0.15) is 0 Å². The molecule has 0 aliphatic heterocycles. The van der Waals surface area contributed by atoms with Crippen LogP contribution in [-0.4, -0.2) is 34.7 Å². The molecule has 1 aromatic rings. The maximum Gasteiger partial charge on any atom is 0.416 e. The molecule has 21 heavy (non-hydrogen) atoms. The van der Waals surface area contributed by atoms with Gasteiger partial charge in [0, 0.05) is 12.2 Å². The highest BCUT2D eigenvalue weighted by atomic mass is 19.4. The van der Waals surface area contributed by atoms with Crippen LogP contribution >= 0.6 is 0 Å². The molecule has 0 heterocycles. The van der Waals surface area contributed by atoms with Gasteiger partial charge in [-0.25, -0.2) is 4.79 Å². The zero-order valence-electron chi connectivity index (χ0n) is 12.2. The van der Waals surface area contributed by atoms with Crippen molar-refractivity contribution in [1.29, 1.82) is 0 Å². The van der Waals surface area contributed by atoms with Crippen LogP contribution in [0.5, 0.6) is 0 Å². The molecule has 2 amide bonds. The SMILES string of the molecule is CCN(CC(C)(C)O)C(=O)Nc1cccc(C(F)(F)F)c1. The number of carbonyl (C=O) groups excluding carboxylic acids is 1. The first-order valence-corrected chi connectivity index (χ1v) is 6.48. The van der Waals surface area contributed by atoms with Crippen molar-refractivity contribution in [2.45, 2.75) is 32.5 Å². The molecule has 0 aliphatic carbocycles. The fourth-order valence-electron chi connectivity index (χ4n) is 1.77. The van der Waals surface area contributed by atoms with Gasteiger partial charge in [0.2, 0.25) is 0 Å². The Morgan fingerprint density at radius 2 is 1.95 bits per heavy atom. The first-order valence-electron chi connectivity index (χ1n) is 6.48. The highest BCUT2D eigenvalue weighted by molar-refractivity contribution is 5.89. The Morgan fingerprint density at radius 1 is 1.33 bits per heavy atom. The Bertz CT molecular complexity index is 496. The molecule has 0 aromatic heterocycles. The second-order valence-electron chi connectivity index (χ2n) is 5.34. The molecule has 118 valence electrons. The minimum atomic E-state index is -4.46. The molecular weight excluding hydrogens is 285 g/mol. The number of nitrogens with zero attached hydrogens (tertiary/aromatic N) is 1. The minimum Gasteiger partial charge on any atom is -0.389 e. The first-order chi connectivity index (χ1) is 9.53. The van der Waals surface area contributed by atoms with Crippen LogP contribution in [0.15, 0.2) is 24.3 Å². The molecule has 1 aromatic carbocycles. The summed E-state index contributed by atoms with van der Waals surface area (Å²) < 4.78 is 37.8. The summed E-state index contributed by atoms with van der Waals surface area (Å²) in [5.41, 5.74) is -1.85. The molecule has 0 aliphatic rings. The molecule has 0 fully saturated rings. The number of likely N-dealkylation sites (N-methyl/N-ethyl adjacent to an activating group) is 1. The largest absolute Gasteiger partial charge is 0.416 e. The van der Waals surface area contributed by atoms with Crippen molar-refractivity contribution < 1.29 is 23.1 Å². The predicted molar refractivity (Wildman–Crippen MR) is 74.0 cm³/mol. The van der Waals surface area contributed by atoms with Crippen molar-refractivity contribution in [2.75, 3.05) is 18.4 Å². The van der Waals surface area contributed by atoms with E-state index in [1.807, 2.05) is 0 Å². The summed E-state index contributed by atoms with van der Waals surface area (Å²) >= 11 is 0. The lowest BCUT2D eigenvalue weighted by molar-refractivity contribution is -0.137. The molecular formula is C14H19F3N2O2. The molecule has 0 unspecified atom stereocenters. The molecule has 7 heteroatoms. The summed E-state index contributed by atoms with van der Waals surface area (Å²) in [7, 11) is 0. The lowest BCUT2D eigenvalue weighted by Crippen LogP contribution is -2.44. The van der Waals surface area contributed by atoms with Crippen molar-refractivity contribution in [3.05, 3.63) is 29.8 Å². The number of hydrogen-bond acceptors (Lipinski definition) is 2. The normalized spacial score (nSPS) is 12.1. The fourth-order valence-corrected chi connectivity index (χ4v) is 1.77. The van der Waals surface area contributed by atoms with E-state index in [1.165, 1.54) is 17.0 Å². The second kappa shape index (κ2) is 6.34. The Morgan fingerprint density at radius 3 is 2.43 bits per heavy atom. The average molecular weight is 304 g/mol. The van der Waals surface area contributed by atoms with Crippen molar-refractivity contribution in [3.8, 4) is 0 Å². The Labute approximate surface area is 121 Å². The summed E-state index contributed by atoms with van der Waals surface area (Å²) in [5.74, 6) is 0. The maximum atomic E-state index is 12.6. The van der Waals surface area contributed by atoms with E-state index in [0.29, 0.717) is 6.54 Å². The summed E-state index contributed by atoms with van der Waals surface area (Å²) in [6.07, 6.45) is -4.46. The zero-order valence-corrected chi connectivity index (χ0v) is 12.2. The third kappa shape index (κ3) is 5.63. The van der Waals surface area contributed by atoms with Crippen molar-refractivity contribution in [2.24, 2.45) is 0 Å². The third-order valence-corrected chi connectivity index (χ3v) is 2.69. The summed E-state index contributed by atoms with van der Waals surface area (Å²) in [5, 5.41) is 12.1. The van der Waals surface area contributed by atoms with Gasteiger partial charge < -0.3 is 15.3 Å². The van der Waals surface area contributed by atoms with Crippen molar-refractivity contribution >= 4 is 11.7 Å². The van der Waals surface area contributed by atoms with Crippen LogP contribution in [0.2, 0.25) is 0 Å². The van der Waals surface area contributed by atoms with Crippen LogP contribution in [0, 0.1) is 0 Å². The number of carbonyl (C=O) groups is 1. The number of amides is 2. The number of alkyl halides is 3. The third-order valence-electron chi connectivity index (χ3n) is 2.69. The molecule has 0 atom stereocenters. The zero-order chi connectivity index (χ0) is 16.3. The summed E-state index contributed by atoms with van der Waals surface area (Å²) in [4.78, 5) is 13.3. The monoisotopic (exact) mass is 304 g/mol. The van der Waals surface area contributed by atoms with Gasteiger partial charge in [-0.2, -0.15) is 13.2 Å². The van der Waals surface area contributed by atoms with E-state index < -0.39 is 23.4 Å². The number of aliphatic hydroxyl groups is 1. The lowest BCUT2D eigenvalue weighted by Gasteiger charge is -2.28. The van der Waals surface area contributed by atoms with E-state index in [1.54, 1.807) is 20.8 Å². The lowest BCUT2D eigenvalue weighted by atomic mass is 10.1. The number of anilines is 1. The van der Waals surface area contributed by atoms with Gasteiger partial charge in [-0.15, -0.1) is 0 Å². The van der Waals surface area contributed by atoms with Gasteiger partial charge in [-0.3, -0.25) is 0 Å². The topological polar surface area (TPSA) is 52.6 Å². The number of rotatable bonds is 4. The van der Waals surface area contributed by atoms with Crippen LogP contribution in [0.1, 0.15) is 26.3 Å². The molecule has 1 rings (SSSR count). The van der Waals surface area contributed by atoms with E-state index in [4.69, 9.17) is 0 Å². The standard InChI is InChI=1S/C14H19F3N2O2/c1-4-19(9-13(2,3)21)12(20)18-11-7-5-6-10(8-11)14(15,16)17/h5-8,21H,4,9H2,1-3H3,(H,18,20). The molecule has 4 nitrogen and oxygen atoms in total. The predicted octanol–water partition coefficient (Wildman–Crippen LogP) is 3.33. The number of hydrogen-bond donors (Lipinski definition) is 2. The van der Waals surface area contributed by atoms with Crippen LogP contribution in [0.3, 0.4) is 0 Å². The van der Waals surface area contributed by atoms with E-state index in [-0.39, 0.29) is 12.2 Å². The minimum absolute atomic E-state index is 0.0593. The maximum absolute atomic E-state index is 12.6. The Hall–Kier alpha value is -1.76. The highest BCUT2D eigenvalue weighted by Gasteiger charge is 2.30. The summed E-state index contributed by atoms with van der Waals surface area (Å²) in [6, 6.07) is 3.86. The highest BCUT2D eigenvalue weighted by Crippen LogP contribution is 2.30. The molecule has 2 N–H and O–H groups in total. The van der Waals surface area contributed by atoms with Crippen molar-refractivity contribution in [3.63, 3.8) is 0 Å². The smallest absolute Gasteiger partial charge is 0.389 e. The molecule has 0 bridgehead atoms. The Kier molecular flexibility index (Phi) is 5.22. The first kappa shape index (κ1) is 17.3. The van der Waals surface area contributed by atoms with Crippen molar-refractivity contribution in [1.82, 2.24) is 4.90 Å². The van der Waals surface area contributed by atoms with E-state index in [2.05, 4.69) is 5.32 Å². The summed E-state index contributed by atoms with van der Waals surface area (Å²) in [6.45, 7) is 5.22. The molecule has 0 spiro atoms. The van der Waals surface area contributed by atoms with E-state index in [0.717, 1.165) is 12.1 Å². The van der Waals surface area contributed by atoms with Gasteiger partial charge in [-0.1, -0.05) is 6.07 Å². The fraction of sp³-hybridized carbons (Fsp3) is 0.500. The number of halogens is 3. The van der Waals surface area contributed by atoms with Gasteiger partial charge in [0.05, 0.1) is 17.7 Å². The van der Waals surface area contributed by atoms with Gasteiger partial charge in [0.25, 0.3) is 0 Å². The van der Waals surface area contributed by atoms with E-state index in [9.17, 15) is 23.1 Å². The Balaban J connectivity index is 2.83.